The van der Waals surface area contributed by atoms with Crippen molar-refractivity contribution in [1.29, 1.82) is 0 Å². The van der Waals surface area contributed by atoms with Crippen LogP contribution in [-0.2, 0) is 6.42 Å². The Kier molecular flexibility index (Phi) is 3.59. The number of halogens is 1. The van der Waals surface area contributed by atoms with Gasteiger partial charge in [-0.1, -0.05) is 30.7 Å². The van der Waals surface area contributed by atoms with Crippen molar-refractivity contribution in [2.24, 2.45) is 0 Å². The molecule has 0 aliphatic carbocycles. The highest BCUT2D eigenvalue weighted by molar-refractivity contribution is 7.18. The van der Waals surface area contributed by atoms with Gasteiger partial charge in [-0.05, 0) is 24.6 Å². The highest BCUT2D eigenvalue weighted by Gasteiger charge is 2.13. The summed E-state index contributed by atoms with van der Waals surface area (Å²) in [6.07, 6.45) is 0.974. The van der Waals surface area contributed by atoms with E-state index in [0.717, 1.165) is 28.0 Å². The van der Waals surface area contributed by atoms with Crippen LogP contribution in [0.25, 0.3) is 21.6 Å². The minimum atomic E-state index is 0.492. The third-order valence-electron chi connectivity index (χ3n) is 3.09. The van der Waals surface area contributed by atoms with Gasteiger partial charge in [0.25, 0.3) is 0 Å². The molecule has 5 heteroatoms. The maximum absolute atomic E-state index is 6.29. The molecule has 20 heavy (non-hydrogen) atoms. The largest absolute Gasteiger partial charge is 0.496 e. The quantitative estimate of drug-likeness (QED) is 0.664. The number of benzene rings is 1. The second-order valence-electron chi connectivity index (χ2n) is 4.32. The Balaban J connectivity index is 2.21. The first-order valence-corrected chi connectivity index (χ1v) is 7.51. The fraction of sp³-hybridized carbons (Fsp3) is 0.200. The van der Waals surface area contributed by atoms with E-state index in [9.17, 15) is 0 Å². The Hall–Kier alpha value is -1.65. The van der Waals surface area contributed by atoms with Crippen molar-refractivity contribution in [2.45, 2.75) is 13.3 Å². The predicted molar refractivity (Wildman–Crippen MR) is 83.8 cm³/mol. The van der Waals surface area contributed by atoms with Gasteiger partial charge in [0.2, 0.25) is 0 Å². The van der Waals surface area contributed by atoms with E-state index >= 15 is 0 Å². The van der Waals surface area contributed by atoms with E-state index in [4.69, 9.17) is 16.3 Å². The van der Waals surface area contributed by atoms with Crippen molar-refractivity contribution in [2.75, 3.05) is 7.11 Å². The second kappa shape index (κ2) is 5.38. The van der Waals surface area contributed by atoms with Crippen molar-refractivity contribution in [3.63, 3.8) is 0 Å². The molecular formula is C15H13ClN2OS. The average molecular weight is 305 g/mol. The van der Waals surface area contributed by atoms with E-state index in [1.54, 1.807) is 18.4 Å². The van der Waals surface area contributed by atoms with Gasteiger partial charge < -0.3 is 4.74 Å². The summed E-state index contributed by atoms with van der Waals surface area (Å²) in [4.78, 5) is 11.2. The number of rotatable bonds is 3. The molecule has 3 rings (SSSR count). The van der Waals surface area contributed by atoms with Gasteiger partial charge in [-0.25, -0.2) is 9.97 Å². The van der Waals surface area contributed by atoms with Crippen LogP contribution in [0.2, 0.25) is 5.15 Å². The lowest BCUT2D eigenvalue weighted by Gasteiger charge is -2.07. The van der Waals surface area contributed by atoms with Crippen LogP contribution >= 0.6 is 22.9 Å². The molecule has 3 nitrogen and oxygen atoms in total. The number of aryl methyl sites for hydroxylation is 1. The van der Waals surface area contributed by atoms with Gasteiger partial charge in [0.1, 0.15) is 15.7 Å². The normalized spacial score (nSPS) is 10.9. The van der Waals surface area contributed by atoms with Crippen molar-refractivity contribution in [3.05, 3.63) is 40.4 Å². The molecule has 0 unspecified atom stereocenters. The molecule has 0 saturated heterocycles. The number of thiophene rings is 1. The average Bonchev–Trinajstić information content (AvgIpc) is 2.91. The molecule has 0 aliphatic rings. The molecule has 102 valence electrons. The molecule has 0 amide bonds. The molecule has 0 fully saturated rings. The summed E-state index contributed by atoms with van der Waals surface area (Å²) in [5.41, 5.74) is 0.852. The lowest BCUT2D eigenvalue weighted by Crippen LogP contribution is -1.93. The second-order valence-corrected chi connectivity index (χ2v) is 5.80. The van der Waals surface area contributed by atoms with E-state index in [1.807, 2.05) is 24.3 Å². The van der Waals surface area contributed by atoms with Gasteiger partial charge in [-0.3, -0.25) is 0 Å². The zero-order valence-electron chi connectivity index (χ0n) is 11.2. The van der Waals surface area contributed by atoms with Gasteiger partial charge in [-0.15, -0.1) is 11.3 Å². The first-order chi connectivity index (χ1) is 9.72. The number of hydrogen-bond acceptors (Lipinski definition) is 4. The molecule has 2 aromatic heterocycles. The number of hydrogen-bond donors (Lipinski definition) is 0. The Morgan fingerprint density at radius 3 is 2.80 bits per heavy atom. The Bertz CT molecular complexity index is 770. The smallest absolute Gasteiger partial charge is 0.166 e. The highest BCUT2D eigenvalue weighted by atomic mass is 35.5. The topological polar surface area (TPSA) is 35.0 Å². The summed E-state index contributed by atoms with van der Waals surface area (Å²) in [7, 11) is 1.64. The molecule has 0 N–H and O–H groups in total. The molecule has 1 aromatic carbocycles. The van der Waals surface area contributed by atoms with E-state index < -0.39 is 0 Å². The van der Waals surface area contributed by atoms with Crippen LogP contribution in [0.3, 0.4) is 0 Å². The maximum Gasteiger partial charge on any atom is 0.166 e. The number of aromatic nitrogens is 2. The monoisotopic (exact) mass is 304 g/mol. The van der Waals surface area contributed by atoms with Gasteiger partial charge >= 0.3 is 0 Å². The van der Waals surface area contributed by atoms with E-state index in [-0.39, 0.29) is 0 Å². The summed E-state index contributed by atoms with van der Waals surface area (Å²) in [5.74, 6) is 1.35. The van der Waals surface area contributed by atoms with Crippen LogP contribution in [0.4, 0.5) is 0 Å². The van der Waals surface area contributed by atoms with Crippen LogP contribution in [0, 0.1) is 0 Å². The minimum Gasteiger partial charge on any atom is -0.496 e. The predicted octanol–water partition coefficient (Wildman–Crippen LogP) is 4.58. The first-order valence-electron chi connectivity index (χ1n) is 6.32. The third-order valence-corrected chi connectivity index (χ3v) is 4.55. The molecule has 0 radical (unpaired) electrons. The minimum absolute atomic E-state index is 0.492. The molecule has 0 spiro atoms. The SMILES string of the molecule is CCc1cc2c(Cl)nc(-c3ccccc3OC)nc2s1. The van der Waals surface area contributed by atoms with E-state index in [1.165, 1.54) is 4.88 Å². The zero-order chi connectivity index (χ0) is 14.1. The van der Waals surface area contributed by atoms with Crippen molar-refractivity contribution < 1.29 is 4.74 Å². The highest BCUT2D eigenvalue weighted by Crippen LogP contribution is 2.33. The molecule has 3 aromatic rings. The Morgan fingerprint density at radius 1 is 1.25 bits per heavy atom. The van der Waals surface area contributed by atoms with Crippen molar-refractivity contribution >= 4 is 33.2 Å². The van der Waals surface area contributed by atoms with Gasteiger partial charge in [-0.2, -0.15) is 0 Å². The molecule has 2 heterocycles. The zero-order valence-corrected chi connectivity index (χ0v) is 12.8. The number of ether oxygens (including phenoxy) is 1. The standard InChI is InChI=1S/C15H13ClN2OS/c1-3-9-8-11-13(16)17-14(18-15(11)20-9)10-6-4-5-7-12(10)19-2/h4-8H,3H2,1-2H3. The van der Waals surface area contributed by atoms with Crippen LogP contribution in [0.15, 0.2) is 30.3 Å². The number of nitrogens with zero attached hydrogens (tertiary/aromatic N) is 2. The van der Waals surface area contributed by atoms with E-state index in [0.29, 0.717) is 11.0 Å². The number of methoxy groups -OCH3 is 1. The fourth-order valence-electron chi connectivity index (χ4n) is 2.06. The van der Waals surface area contributed by atoms with Crippen LogP contribution in [-0.4, -0.2) is 17.1 Å². The first kappa shape index (κ1) is 13.3. The fourth-order valence-corrected chi connectivity index (χ4v) is 3.31. The van der Waals surface area contributed by atoms with Crippen molar-refractivity contribution in [1.82, 2.24) is 9.97 Å². The molecular weight excluding hydrogens is 292 g/mol. The van der Waals surface area contributed by atoms with Gasteiger partial charge in [0.15, 0.2) is 5.82 Å². The maximum atomic E-state index is 6.29. The molecule has 0 aliphatic heterocycles. The Labute approximate surface area is 126 Å². The van der Waals surface area contributed by atoms with Crippen LogP contribution in [0.5, 0.6) is 5.75 Å². The molecule has 0 saturated carbocycles. The Morgan fingerprint density at radius 2 is 2.05 bits per heavy atom. The summed E-state index contributed by atoms with van der Waals surface area (Å²) >= 11 is 7.95. The number of para-hydroxylation sites is 1. The summed E-state index contributed by atoms with van der Waals surface area (Å²) in [6.45, 7) is 2.12. The van der Waals surface area contributed by atoms with Gasteiger partial charge in [0.05, 0.1) is 12.7 Å². The van der Waals surface area contributed by atoms with Crippen LogP contribution < -0.4 is 4.74 Å². The molecule has 0 atom stereocenters. The van der Waals surface area contributed by atoms with Crippen molar-refractivity contribution in [3.8, 4) is 17.1 Å². The summed E-state index contributed by atoms with van der Waals surface area (Å²) < 4.78 is 5.36. The van der Waals surface area contributed by atoms with Gasteiger partial charge in [0, 0.05) is 10.3 Å². The third kappa shape index (κ3) is 2.25. The van der Waals surface area contributed by atoms with Crippen LogP contribution in [0.1, 0.15) is 11.8 Å². The lowest BCUT2D eigenvalue weighted by molar-refractivity contribution is 0.416. The van der Waals surface area contributed by atoms with E-state index in [2.05, 4.69) is 23.0 Å². The lowest BCUT2D eigenvalue weighted by atomic mass is 10.2. The number of fused-ring (bicyclic) bond motifs is 1. The summed E-state index contributed by atoms with van der Waals surface area (Å²) in [6, 6.07) is 9.75. The molecule has 0 bridgehead atoms. The summed E-state index contributed by atoms with van der Waals surface area (Å²) in [5, 5.41) is 1.42.